The number of carboxylic acids is 1. The molecule has 0 aliphatic heterocycles. The number of carbonyl (C=O) groups excluding carboxylic acids is 1. The quantitative estimate of drug-likeness (QED) is 0.353. The van der Waals surface area contributed by atoms with E-state index in [1.807, 2.05) is 32.9 Å². The van der Waals surface area contributed by atoms with Gasteiger partial charge in [0.15, 0.2) is 11.3 Å². The highest BCUT2D eigenvalue weighted by molar-refractivity contribution is 9.11. The standard InChI is InChI=1S/C20H23Br2NO5/c1-4-23(5-2)17(24)9-12(3)16-10-13-14(21)11-15(22)20(19(13)28-16)27-8-6-7-18(25)26/h9-11H,4-8H2,1-3H3,(H,25,26)/b12-9-. The van der Waals surface area contributed by atoms with Crippen molar-refractivity contribution in [2.24, 2.45) is 0 Å². The van der Waals surface area contributed by atoms with Gasteiger partial charge in [0.1, 0.15) is 5.76 Å². The molecular formula is C20H23Br2NO5. The summed E-state index contributed by atoms with van der Waals surface area (Å²) in [5, 5.41) is 9.57. The first kappa shape index (κ1) is 22.5. The number of aliphatic carboxylic acids is 1. The summed E-state index contributed by atoms with van der Waals surface area (Å²) in [6.45, 7) is 7.25. The maximum Gasteiger partial charge on any atom is 0.303 e. The zero-order chi connectivity index (χ0) is 20.8. The second kappa shape index (κ2) is 10.1. The summed E-state index contributed by atoms with van der Waals surface area (Å²) in [4.78, 5) is 24.7. The van der Waals surface area contributed by atoms with Crippen LogP contribution in [0.2, 0.25) is 0 Å². The Balaban J connectivity index is 2.35. The molecule has 0 fully saturated rings. The molecule has 0 saturated heterocycles. The Kier molecular flexibility index (Phi) is 8.12. The van der Waals surface area contributed by atoms with E-state index < -0.39 is 5.97 Å². The number of fused-ring (bicyclic) bond motifs is 1. The van der Waals surface area contributed by atoms with Crippen LogP contribution in [0.3, 0.4) is 0 Å². The van der Waals surface area contributed by atoms with Gasteiger partial charge in [-0.25, -0.2) is 0 Å². The molecule has 1 aromatic carbocycles. The Morgan fingerprint density at radius 3 is 2.50 bits per heavy atom. The van der Waals surface area contributed by atoms with Crippen molar-refractivity contribution in [2.45, 2.75) is 33.6 Å². The molecule has 0 saturated carbocycles. The number of carbonyl (C=O) groups is 2. The molecule has 1 aromatic heterocycles. The molecule has 0 unspecified atom stereocenters. The van der Waals surface area contributed by atoms with Gasteiger partial charge < -0.3 is 19.2 Å². The van der Waals surface area contributed by atoms with Crippen molar-refractivity contribution in [2.75, 3.05) is 19.7 Å². The Morgan fingerprint density at radius 2 is 1.89 bits per heavy atom. The van der Waals surface area contributed by atoms with Crippen LogP contribution in [-0.4, -0.2) is 41.6 Å². The minimum Gasteiger partial charge on any atom is -0.488 e. The smallest absolute Gasteiger partial charge is 0.303 e. The van der Waals surface area contributed by atoms with Crippen LogP contribution in [0.4, 0.5) is 0 Å². The molecule has 1 N–H and O–H groups in total. The second-order valence-electron chi connectivity index (χ2n) is 6.21. The van der Waals surface area contributed by atoms with Crippen molar-refractivity contribution in [3.05, 3.63) is 32.9 Å². The molecule has 1 amide bonds. The van der Waals surface area contributed by atoms with Gasteiger partial charge in [-0.15, -0.1) is 0 Å². The molecule has 28 heavy (non-hydrogen) atoms. The second-order valence-corrected chi connectivity index (χ2v) is 7.92. The van der Waals surface area contributed by atoms with Gasteiger partial charge in [-0.2, -0.15) is 0 Å². The summed E-state index contributed by atoms with van der Waals surface area (Å²) in [6, 6.07) is 3.71. The zero-order valence-corrected chi connectivity index (χ0v) is 19.2. The number of hydrogen-bond acceptors (Lipinski definition) is 4. The first-order chi connectivity index (χ1) is 13.3. The van der Waals surface area contributed by atoms with Crippen LogP contribution < -0.4 is 4.74 Å². The molecule has 0 bridgehead atoms. The third-order valence-electron chi connectivity index (χ3n) is 4.25. The van der Waals surface area contributed by atoms with Crippen molar-refractivity contribution in [3.63, 3.8) is 0 Å². The predicted octanol–water partition coefficient (Wildman–Crippen LogP) is 5.47. The molecule has 152 valence electrons. The molecule has 0 radical (unpaired) electrons. The molecule has 0 atom stereocenters. The van der Waals surface area contributed by atoms with Gasteiger partial charge in [-0.1, -0.05) is 0 Å². The Bertz CT molecular complexity index is 900. The molecule has 8 heteroatoms. The van der Waals surface area contributed by atoms with Gasteiger partial charge >= 0.3 is 5.97 Å². The number of allylic oxidation sites excluding steroid dienone is 1. The van der Waals surface area contributed by atoms with E-state index in [-0.39, 0.29) is 18.9 Å². The number of benzene rings is 1. The van der Waals surface area contributed by atoms with E-state index in [1.165, 1.54) is 0 Å². The van der Waals surface area contributed by atoms with Crippen molar-refractivity contribution in [1.82, 2.24) is 4.90 Å². The summed E-state index contributed by atoms with van der Waals surface area (Å²) < 4.78 is 13.3. The highest BCUT2D eigenvalue weighted by Crippen LogP contribution is 2.41. The highest BCUT2D eigenvalue weighted by atomic mass is 79.9. The number of nitrogens with zero attached hydrogens (tertiary/aromatic N) is 1. The Hall–Kier alpha value is -1.80. The summed E-state index contributed by atoms with van der Waals surface area (Å²) in [6.07, 6.45) is 2.00. The minimum atomic E-state index is -0.859. The van der Waals surface area contributed by atoms with Crippen LogP contribution in [0.15, 0.2) is 31.6 Å². The van der Waals surface area contributed by atoms with Gasteiger partial charge in [-0.3, -0.25) is 9.59 Å². The molecule has 0 spiro atoms. The maximum absolute atomic E-state index is 12.3. The molecule has 6 nitrogen and oxygen atoms in total. The minimum absolute atomic E-state index is 0.0377. The van der Waals surface area contributed by atoms with E-state index in [1.54, 1.807) is 11.0 Å². The maximum atomic E-state index is 12.3. The van der Waals surface area contributed by atoms with Crippen LogP contribution in [0, 0.1) is 0 Å². The SMILES string of the molecule is CCN(CC)C(=O)/C=C(/C)c1cc2c(Br)cc(Br)c(OCCCC(=O)O)c2o1. The zero-order valence-electron chi connectivity index (χ0n) is 16.1. The third kappa shape index (κ3) is 5.38. The number of amides is 1. The fraction of sp³-hybridized carbons (Fsp3) is 0.400. The Morgan fingerprint density at radius 1 is 1.21 bits per heavy atom. The lowest BCUT2D eigenvalue weighted by Crippen LogP contribution is -2.28. The largest absolute Gasteiger partial charge is 0.488 e. The van der Waals surface area contributed by atoms with Crippen molar-refractivity contribution in [1.29, 1.82) is 0 Å². The van der Waals surface area contributed by atoms with Crippen LogP contribution in [0.25, 0.3) is 16.5 Å². The van der Waals surface area contributed by atoms with E-state index >= 15 is 0 Å². The fourth-order valence-electron chi connectivity index (χ4n) is 2.71. The molecule has 0 aliphatic rings. The van der Waals surface area contributed by atoms with Crippen LogP contribution in [-0.2, 0) is 9.59 Å². The number of halogens is 2. The van der Waals surface area contributed by atoms with Crippen LogP contribution in [0.5, 0.6) is 5.75 Å². The van der Waals surface area contributed by atoms with Gasteiger partial charge in [0.25, 0.3) is 0 Å². The Labute approximate surface area is 180 Å². The van der Waals surface area contributed by atoms with Gasteiger partial charge in [0.2, 0.25) is 5.91 Å². The number of carboxylic acid groups (broad SMARTS) is 1. The lowest BCUT2D eigenvalue weighted by molar-refractivity contribution is -0.137. The lowest BCUT2D eigenvalue weighted by atomic mass is 10.2. The van der Waals surface area contributed by atoms with E-state index in [0.29, 0.717) is 46.6 Å². The van der Waals surface area contributed by atoms with Crippen molar-refractivity contribution >= 4 is 60.3 Å². The highest BCUT2D eigenvalue weighted by Gasteiger charge is 2.18. The molecular weight excluding hydrogens is 494 g/mol. The van der Waals surface area contributed by atoms with Crippen molar-refractivity contribution < 1.29 is 23.8 Å². The summed E-state index contributed by atoms with van der Waals surface area (Å²) in [7, 11) is 0. The summed E-state index contributed by atoms with van der Waals surface area (Å²) in [5.74, 6) is 0.165. The molecule has 2 rings (SSSR count). The fourth-order valence-corrected chi connectivity index (χ4v) is 4.06. The number of rotatable bonds is 9. The van der Waals surface area contributed by atoms with Gasteiger partial charge in [0.05, 0.1) is 11.1 Å². The average Bonchev–Trinajstić information content (AvgIpc) is 3.07. The van der Waals surface area contributed by atoms with E-state index in [2.05, 4.69) is 31.9 Å². The molecule has 1 heterocycles. The topological polar surface area (TPSA) is 80.0 Å². The first-order valence-electron chi connectivity index (χ1n) is 9.02. The first-order valence-corrected chi connectivity index (χ1v) is 10.6. The number of hydrogen-bond donors (Lipinski definition) is 1. The van der Waals surface area contributed by atoms with Crippen LogP contribution in [0.1, 0.15) is 39.4 Å². The lowest BCUT2D eigenvalue weighted by Gasteiger charge is -2.16. The molecule has 0 aliphatic carbocycles. The third-order valence-corrected chi connectivity index (χ3v) is 5.50. The van der Waals surface area contributed by atoms with Gasteiger partial charge in [0, 0.05) is 35.4 Å². The predicted molar refractivity (Wildman–Crippen MR) is 116 cm³/mol. The number of furan rings is 1. The summed E-state index contributed by atoms with van der Waals surface area (Å²) >= 11 is 6.99. The number of ether oxygens (including phenoxy) is 1. The normalized spacial score (nSPS) is 11.7. The van der Waals surface area contributed by atoms with E-state index in [9.17, 15) is 9.59 Å². The van der Waals surface area contributed by atoms with Crippen molar-refractivity contribution in [3.8, 4) is 5.75 Å². The monoisotopic (exact) mass is 515 g/mol. The average molecular weight is 517 g/mol. The van der Waals surface area contributed by atoms with E-state index in [4.69, 9.17) is 14.3 Å². The molecule has 2 aromatic rings. The van der Waals surface area contributed by atoms with Crippen LogP contribution >= 0.6 is 31.9 Å². The van der Waals surface area contributed by atoms with E-state index in [0.717, 1.165) is 9.86 Å². The summed E-state index contributed by atoms with van der Waals surface area (Å²) in [5.41, 5.74) is 1.25. The van der Waals surface area contributed by atoms with Gasteiger partial charge in [-0.05, 0) is 76.8 Å². The number of likely N-dealkylation sites (N-methyl/N-ethyl adjacent to an activating group) is 1.